The van der Waals surface area contributed by atoms with Crippen LogP contribution in [-0.2, 0) is 14.3 Å². The maximum atomic E-state index is 11.1. The van der Waals surface area contributed by atoms with E-state index in [1.165, 1.54) is 12.8 Å². The lowest BCUT2D eigenvalue weighted by Crippen LogP contribution is -2.37. The summed E-state index contributed by atoms with van der Waals surface area (Å²) in [5, 5.41) is 0. The number of hydrogen-bond acceptors (Lipinski definition) is 4. The third-order valence-corrected chi connectivity index (χ3v) is 5.05. The summed E-state index contributed by atoms with van der Waals surface area (Å²) in [5.41, 5.74) is 8.85. The van der Waals surface area contributed by atoms with Crippen LogP contribution in [0.25, 0.3) is 0 Å². The van der Waals surface area contributed by atoms with E-state index < -0.39 is 17.1 Å². The normalized spacial score (nSPS) is 12.4. The van der Waals surface area contributed by atoms with E-state index in [1.807, 2.05) is 0 Å². The Bertz CT molecular complexity index is 433. The van der Waals surface area contributed by atoms with Gasteiger partial charge in [0.1, 0.15) is 6.61 Å². The maximum absolute atomic E-state index is 11.1. The first-order valence-corrected chi connectivity index (χ1v) is 10.9. The molecule has 2 amide bonds. The second-order valence-electron chi connectivity index (χ2n) is 9.65. The Kier molecular flexibility index (Phi) is 18.4. The molecule has 0 spiro atoms. The molecule has 0 aromatic rings. The highest BCUT2D eigenvalue weighted by Crippen LogP contribution is 2.21. The molecule has 0 aliphatic heterocycles. The third-order valence-electron chi connectivity index (χ3n) is 5.05. The summed E-state index contributed by atoms with van der Waals surface area (Å²) >= 11 is 0. The van der Waals surface area contributed by atoms with Gasteiger partial charge in [0.05, 0.1) is 5.60 Å². The van der Waals surface area contributed by atoms with E-state index in [0.717, 1.165) is 17.8 Å². The van der Waals surface area contributed by atoms with Crippen molar-refractivity contribution in [1.29, 1.82) is 0 Å². The van der Waals surface area contributed by atoms with Gasteiger partial charge >= 0.3 is 6.09 Å². The second kappa shape index (κ2) is 16.5. The topological polar surface area (TPSA) is 105 Å². The number of nitrogens with two attached hydrogens (primary N) is 2. The number of carbonyl (C=O) groups is 2. The van der Waals surface area contributed by atoms with Crippen LogP contribution in [0.5, 0.6) is 0 Å². The van der Waals surface area contributed by atoms with Gasteiger partial charge in [-0.05, 0) is 38.0 Å². The highest BCUT2D eigenvalue weighted by molar-refractivity contribution is 5.79. The maximum Gasteiger partial charge on any atom is 0.404 e. The van der Waals surface area contributed by atoms with E-state index in [9.17, 15) is 9.59 Å². The molecule has 6 nitrogen and oxygen atoms in total. The smallest absolute Gasteiger partial charge is 0.404 e. The number of rotatable bonds is 10. The molecule has 4 N–H and O–H groups in total. The van der Waals surface area contributed by atoms with E-state index in [4.69, 9.17) is 16.2 Å². The van der Waals surface area contributed by atoms with Crippen molar-refractivity contribution >= 4 is 12.0 Å². The van der Waals surface area contributed by atoms with Gasteiger partial charge in [-0.3, -0.25) is 4.79 Å². The fourth-order valence-corrected chi connectivity index (χ4v) is 1.46. The SMILES string of the molecule is CC(C)(COC(N)=O)OCCC(C)(C)C(N)=O.CCC(C)C.CCC(C)C(C)C. The summed E-state index contributed by atoms with van der Waals surface area (Å²) in [6.07, 6.45) is 2.29. The quantitative estimate of drug-likeness (QED) is 0.487. The highest BCUT2D eigenvalue weighted by Gasteiger charge is 2.27. The Morgan fingerprint density at radius 3 is 1.59 bits per heavy atom. The Balaban J connectivity index is -0.000000461. The zero-order chi connectivity index (χ0) is 23.8. The molecule has 0 aromatic carbocycles. The van der Waals surface area contributed by atoms with Crippen LogP contribution in [0.4, 0.5) is 4.79 Å². The van der Waals surface area contributed by atoms with Gasteiger partial charge in [0, 0.05) is 12.0 Å². The molecular weight excluding hydrogens is 368 g/mol. The average Bonchev–Trinajstić information content (AvgIpc) is 2.59. The zero-order valence-electron chi connectivity index (χ0n) is 21.1. The highest BCUT2D eigenvalue weighted by atomic mass is 16.6. The molecular formula is C23H50N2O4. The number of hydrogen-bond donors (Lipinski definition) is 2. The van der Waals surface area contributed by atoms with Crippen LogP contribution < -0.4 is 11.5 Å². The van der Waals surface area contributed by atoms with Crippen molar-refractivity contribution in [2.24, 2.45) is 34.6 Å². The van der Waals surface area contributed by atoms with Crippen molar-refractivity contribution in [2.75, 3.05) is 13.2 Å². The van der Waals surface area contributed by atoms with Crippen molar-refractivity contribution in [2.45, 2.75) is 101 Å². The Hall–Kier alpha value is -1.30. The van der Waals surface area contributed by atoms with Gasteiger partial charge in [0.15, 0.2) is 0 Å². The molecule has 0 aromatic heterocycles. The van der Waals surface area contributed by atoms with E-state index in [-0.39, 0.29) is 12.5 Å². The summed E-state index contributed by atoms with van der Waals surface area (Å²) in [5.74, 6) is 2.28. The molecule has 0 saturated carbocycles. The minimum absolute atomic E-state index is 0.0688. The molecule has 6 heteroatoms. The molecule has 176 valence electrons. The average molecular weight is 419 g/mol. The molecule has 0 heterocycles. The minimum atomic E-state index is -0.834. The van der Waals surface area contributed by atoms with Crippen LogP contribution in [0, 0.1) is 23.2 Å². The summed E-state index contributed by atoms with van der Waals surface area (Å²) in [6, 6.07) is 0. The predicted molar refractivity (Wildman–Crippen MR) is 123 cm³/mol. The van der Waals surface area contributed by atoms with Gasteiger partial charge in [-0.15, -0.1) is 0 Å². The Morgan fingerprint density at radius 1 is 0.897 bits per heavy atom. The molecule has 0 aliphatic carbocycles. The first-order valence-electron chi connectivity index (χ1n) is 10.9. The predicted octanol–water partition coefficient (Wildman–Crippen LogP) is 5.52. The van der Waals surface area contributed by atoms with Crippen LogP contribution in [-0.4, -0.2) is 30.8 Å². The number of ether oxygens (including phenoxy) is 2. The summed E-state index contributed by atoms with van der Waals surface area (Å²) in [7, 11) is 0. The van der Waals surface area contributed by atoms with Gasteiger partial charge in [-0.25, -0.2) is 4.79 Å². The van der Waals surface area contributed by atoms with Crippen molar-refractivity contribution in [3.63, 3.8) is 0 Å². The fraction of sp³-hybridized carbons (Fsp3) is 0.913. The van der Waals surface area contributed by atoms with E-state index in [1.54, 1.807) is 27.7 Å². The van der Waals surface area contributed by atoms with Crippen molar-refractivity contribution in [3.05, 3.63) is 0 Å². The lowest BCUT2D eigenvalue weighted by atomic mass is 9.89. The van der Waals surface area contributed by atoms with Gasteiger partial charge in [-0.1, -0.05) is 75.2 Å². The molecule has 0 saturated heterocycles. The molecule has 0 rings (SSSR count). The molecule has 29 heavy (non-hydrogen) atoms. The first-order chi connectivity index (χ1) is 13.0. The van der Waals surface area contributed by atoms with E-state index in [0.29, 0.717) is 13.0 Å². The van der Waals surface area contributed by atoms with E-state index in [2.05, 4.69) is 53.2 Å². The molecule has 1 atom stereocenters. The minimum Gasteiger partial charge on any atom is -0.447 e. The van der Waals surface area contributed by atoms with Gasteiger partial charge < -0.3 is 20.9 Å². The third kappa shape index (κ3) is 22.8. The second-order valence-corrected chi connectivity index (χ2v) is 9.65. The van der Waals surface area contributed by atoms with Crippen molar-refractivity contribution in [1.82, 2.24) is 0 Å². The van der Waals surface area contributed by atoms with Crippen molar-refractivity contribution in [3.8, 4) is 0 Å². The molecule has 0 bridgehead atoms. The lowest BCUT2D eigenvalue weighted by Gasteiger charge is -2.27. The number of carbonyl (C=O) groups excluding carboxylic acids is 2. The Morgan fingerprint density at radius 2 is 1.34 bits per heavy atom. The number of primary amides is 2. The van der Waals surface area contributed by atoms with Crippen LogP contribution in [0.2, 0.25) is 0 Å². The summed E-state index contributed by atoms with van der Waals surface area (Å²) < 4.78 is 10.2. The zero-order valence-corrected chi connectivity index (χ0v) is 21.1. The van der Waals surface area contributed by atoms with Gasteiger partial charge in [0.2, 0.25) is 5.91 Å². The molecule has 1 unspecified atom stereocenters. The van der Waals surface area contributed by atoms with Crippen LogP contribution >= 0.6 is 0 Å². The van der Waals surface area contributed by atoms with Gasteiger partial charge in [0.25, 0.3) is 0 Å². The lowest BCUT2D eigenvalue weighted by molar-refractivity contribution is -0.128. The van der Waals surface area contributed by atoms with Crippen molar-refractivity contribution < 1.29 is 19.1 Å². The molecule has 0 aliphatic rings. The van der Waals surface area contributed by atoms with Crippen LogP contribution in [0.3, 0.4) is 0 Å². The van der Waals surface area contributed by atoms with Crippen LogP contribution in [0.15, 0.2) is 0 Å². The first kappa shape index (κ1) is 32.4. The fourth-order valence-electron chi connectivity index (χ4n) is 1.46. The van der Waals surface area contributed by atoms with Gasteiger partial charge in [-0.2, -0.15) is 0 Å². The number of amides is 2. The largest absolute Gasteiger partial charge is 0.447 e. The molecule has 0 radical (unpaired) electrons. The standard InChI is InChI=1S/C11H22N2O4.C7H16.C5H12/c1-10(2,8(12)14)5-6-17-11(3,4)7-16-9(13)15;1-5-7(4)6(2)3;1-4-5(2)3/h5-7H2,1-4H3,(H2,12,14)(H2,13,15);6-7H,5H2,1-4H3;5H,4H2,1-3H3. The van der Waals surface area contributed by atoms with E-state index >= 15 is 0 Å². The molecule has 0 fully saturated rings. The monoisotopic (exact) mass is 418 g/mol. The van der Waals surface area contributed by atoms with Crippen LogP contribution in [0.1, 0.15) is 95.4 Å². The summed E-state index contributed by atoms with van der Waals surface area (Å²) in [4.78, 5) is 21.5. The summed E-state index contributed by atoms with van der Waals surface area (Å²) in [6.45, 7) is 23.2. The Labute approximate surface area is 180 Å².